The first kappa shape index (κ1) is 9.75. The molecule has 13 heavy (non-hydrogen) atoms. The summed E-state index contributed by atoms with van der Waals surface area (Å²) in [5.74, 6) is -0.563. The third-order valence-corrected chi connectivity index (χ3v) is 2.27. The van der Waals surface area contributed by atoms with Crippen LogP contribution in [0.15, 0.2) is 18.2 Å². The van der Waals surface area contributed by atoms with Crippen LogP contribution in [0.4, 0.5) is 0 Å². The number of hydrogen-bond donors (Lipinski definition) is 1. The van der Waals surface area contributed by atoms with Gasteiger partial charge in [-0.2, -0.15) is 5.26 Å². The van der Waals surface area contributed by atoms with Gasteiger partial charge in [-0.1, -0.05) is 28.1 Å². The quantitative estimate of drug-likeness (QED) is 0.795. The Bertz CT molecular complexity index is 382. The van der Waals surface area contributed by atoms with E-state index in [2.05, 4.69) is 15.9 Å². The van der Waals surface area contributed by atoms with Crippen LogP contribution >= 0.6 is 15.9 Å². The van der Waals surface area contributed by atoms with Gasteiger partial charge in [0.2, 0.25) is 5.91 Å². The highest BCUT2D eigenvalue weighted by molar-refractivity contribution is 9.08. The number of hydrogen-bond acceptors (Lipinski definition) is 2. The second-order valence-electron chi connectivity index (χ2n) is 2.45. The van der Waals surface area contributed by atoms with Crippen molar-refractivity contribution in [1.29, 1.82) is 5.26 Å². The van der Waals surface area contributed by atoms with Gasteiger partial charge in [0.1, 0.15) is 0 Å². The molecule has 0 saturated heterocycles. The summed E-state index contributed by atoms with van der Waals surface area (Å²) < 4.78 is 0. The van der Waals surface area contributed by atoms with Gasteiger partial charge in [-0.25, -0.2) is 0 Å². The van der Waals surface area contributed by atoms with Crippen molar-refractivity contribution in [2.45, 2.75) is 5.33 Å². The minimum atomic E-state index is -0.563. The SMILES string of the molecule is N#Cc1cccc(CBr)c1C(N)=O. The molecule has 0 saturated carbocycles. The fraction of sp³-hybridized carbons (Fsp3) is 0.111. The molecule has 4 heteroatoms. The summed E-state index contributed by atoms with van der Waals surface area (Å²) in [7, 11) is 0. The maximum Gasteiger partial charge on any atom is 0.250 e. The number of halogens is 1. The Hall–Kier alpha value is -1.34. The van der Waals surface area contributed by atoms with Gasteiger partial charge >= 0.3 is 0 Å². The fourth-order valence-corrected chi connectivity index (χ4v) is 1.56. The molecule has 0 radical (unpaired) electrons. The zero-order valence-electron chi connectivity index (χ0n) is 6.75. The molecule has 0 heterocycles. The van der Waals surface area contributed by atoms with Crippen molar-refractivity contribution in [2.75, 3.05) is 0 Å². The van der Waals surface area contributed by atoms with Crippen molar-refractivity contribution in [3.63, 3.8) is 0 Å². The van der Waals surface area contributed by atoms with Crippen LogP contribution in [0.1, 0.15) is 21.5 Å². The molecule has 0 atom stereocenters. The molecule has 0 aliphatic carbocycles. The largest absolute Gasteiger partial charge is 0.366 e. The van der Waals surface area contributed by atoms with E-state index >= 15 is 0 Å². The molecule has 1 rings (SSSR count). The number of carbonyl (C=O) groups is 1. The number of alkyl halides is 1. The molecule has 0 bridgehead atoms. The third-order valence-electron chi connectivity index (χ3n) is 1.66. The molecule has 0 aliphatic rings. The number of carbonyl (C=O) groups excluding carboxylic acids is 1. The minimum absolute atomic E-state index is 0.307. The van der Waals surface area contributed by atoms with E-state index in [0.29, 0.717) is 16.5 Å². The maximum atomic E-state index is 11.0. The number of benzene rings is 1. The Kier molecular flexibility index (Phi) is 3.04. The molecule has 0 unspecified atom stereocenters. The average molecular weight is 239 g/mol. The second-order valence-corrected chi connectivity index (χ2v) is 3.01. The normalized spacial score (nSPS) is 9.23. The van der Waals surface area contributed by atoms with Crippen molar-refractivity contribution >= 4 is 21.8 Å². The summed E-state index contributed by atoms with van der Waals surface area (Å²) in [5, 5.41) is 9.23. The van der Waals surface area contributed by atoms with Crippen LogP contribution in [-0.2, 0) is 5.33 Å². The van der Waals surface area contributed by atoms with Crippen LogP contribution in [0, 0.1) is 11.3 Å². The Balaban J connectivity index is 3.41. The van der Waals surface area contributed by atoms with Gasteiger partial charge in [0.15, 0.2) is 0 Å². The average Bonchev–Trinajstić information content (AvgIpc) is 2.16. The van der Waals surface area contributed by atoms with E-state index in [-0.39, 0.29) is 0 Å². The molecular formula is C9H7BrN2O. The highest BCUT2D eigenvalue weighted by Gasteiger charge is 2.11. The van der Waals surface area contributed by atoms with Crippen LogP contribution in [0.25, 0.3) is 0 Å². The van der Waals surface area contributed by atoms with E-state index in [1.165, 1.54) is 0 Å². The van der Waals surface area contributed by atoms with Crippen LogP contribution in [0.5, 0.6) is 0 Å². The molecule has 0 fully saturated rings. The van der Waals surface area contributed by atoms with E-state index < -0.39 is 5.91 Å². The molecule has 0 aromatic heterocycles. The topological polar surface area (TPSA) is 66.9 Å². The van der Waals surface area contributed by atoms with Crippen molar-refractivity contribution in [3.8, 4) is 6.07 Å². The number of nitrogens with zero attached hydrogens (tertiary/aromatic N) is 1. The van der Waals surface area contributed by atoms with Gasteiger partial charge in [0.05, 0.1) is 17.2 Å². The first-order chi connectivity index (χ1) is 6.20. The predicted octanol–water partition coefficient (Wildman–Crippen LogP) is 1.55. The maximum absolute atomic E-state index is 11.0. The van der Waals surface area contributed by atoms with Gasteiger partial charge in [0.25, 0.3) is 0 Å². The predicted molar refractivity (Wildman–Crippen MR) is 52.3 cm³/mol. The molecule has 0 aliphatic heterocycles. The molecule has 1 aromatic carbocycles. The molecule has 66 valence electrons. The van der Waals surface area contributed by atoms with Crippen molar-refractivity contribution in [1.82, 2.24) is 0 Å². The zero-order chi connectivity index (χ0) is 9.84. The lowest BCUT2D eigenvalue weighted by molar-refractivity contribution is 0.0999. The van der Waals surface area contributed by atoms with Crippen LogP contribution < -0.4 is 5.73 Å². The van der Waals surface area contributed by atoms with Crippen molar-refractivity contribution in [3.05, 3.63) is 34.9 Å². The molecule has 0 spiro atoms. The van der Waals surface area contributed by atoms with Crippen molar-refractivity contribution in [2.24, 2.45) is 5.73 Å². The first-order valence-electron chi connectivity index (χ1n) is 3.58. The lowest BCUT2D eigenvalue weighted by atomic mass is 10.0. The number of rotatable bonds is 2. The van der Waals surface area contributed by atoms with Crippen LogP contribution in [-0.4, -0.2) is 5.91 Å². The smallest absolute Gasteiger partial charge is 0.250 e. The summed E-state index contributed by atoms with van der Waals surface area (Å²) in [5.41, 5.74) is 6.53. The molecule has 2 N–H and O–H groups in total. The molecule has 1 aromatic rings. The fourth-order valence-electron chi connectivity index (χ4n) is 1.10. The lowest BCUT2D eigenvalue weighted by Crippen LogP contribution is -2.15. The monoisotopic (exact) mass is 238 g/mol. The van der Waals surface area contributed by atoms with E-state index in [1.807, 2.05) is 6.07 Å². The van der Waals surface area contributed by atoms with E-state index in [9.17, 15) is 4.79 Å². The standard InChI is InChI=1S/C9H7BrN2O/c10-4-6-2-1-3-7(5-11)8(6)9(12)13/h1-3H,4H2,(H2,12,13). The van der Waals surface area contributed by atoms with Gasteiger partial charge in [-0.3, -0.25) is 4.79 Å². The Morgan fingerprint density at radius 1 is 1.62 bits per heavy atom. The van der Waals surface area contributed by atoms with E-state index in [0.717, 1.165) is 5.56 Å². The Morgan fingerprint density at radius 2 is 2.31 bits per heavy atom. The summed E-state index contributed by atoms with van der Waals surface area (Å²) in [6.07, 6.45) is 0. The number of nitriles is 1. The van der Waals surface area contributed by atoms with Crippen molar-refractivity contribution < 1.29 is 4.79 Å². The molecule has 3 nitrogen and oxygen atoms in total. The molecular weight excluding hydrogens is 232 g/mol. The van der Waals surface area contributed by atoms with Crippen LogP contribution in [0.2, 0.25) is 0 Å². The summed E-state index contributed by atoms with van der Waals surface area (Å²) in [6, 6.07) is 6.99. The van der Waals surface area contributed by atoms with Gasteiger partial charge in [-0.05, 0) is 11.6 Å². The molecule has 1 amide bonds. The van der Waals surface area contributed by atoms with E-state index in [1.54, 1.807) is 18.2 Å². The minimum Gasteiger partial charge on any atom is -0.366 e. The van der Waals surface area contributed by atoms with Gasteiger partial charge < -0.3 is 5.73 Å². The van der Waals surface area contributed by atoms with Gasteiger partial charge in [-0.15, -0.1) is 0 Å². The number of amides is 1. The number of nitrogens with two attached hydrogens (primary N) is 1. The summed E-state index contributed by atoms with van der Waals surface area (Å²) >= 11 is 3.22. The third kappa shape index (κ3) is 1.87. The number of primary amides is 1. The van der Waals surface area contributed by atoms with E-state index in [4.69, 9.17) is 11.0 Å². The Labute approximate surface area is 84.3 Å². The Morgan fingerprint density at radius 3 is 2.77 bits per heavy atom. The second kappa shape index (κ2) is 4.06. The highest BCUT2D eigenvalue weighted by atomic mass is 79.9. The lowest BCUT2D eigenvalue weighted by Gasteiger charge is -2.04. The highest BCUT2D eigenvalue weighted by Crippen LogP contribution is 2.16. The zero-order valence-corrected chi connectivity index (χ0v) is 8.34. The van der Waals surface area contributed by atoms with Crippen LogP contribution in [0.3, 0.4) is 0 Å². The first-order valence-corrected chi connectivity index (χ1v) is 4.70. The summed E-state index contributed by atoms with van der Waals surface area (Å²) in [6.45, 7) is 0. The summed E-state index contributed by atoms with van der Waals surface area (Å²) in [4.78, 5) is 11.0. The van der Waals surface area contributed by atoms with Gasteiger partial charge in [0, 0.05) is 5.33 Å².